The quantitative estimate of drug-likeness (QED) is 0.771. The van der Waals surface area contributed by atoms with Crippen LogP contribution in [0.4, 0.5) is 5.82 Å². The fourth-order valence-corrected chi connectivity index (χ4v) is 3.59. The average Bonchev–Trinajstić information content (AvgIpc) is 3.05. The molecule has 7 nitrogen and oxygen atoms in total. The van der Waals surface area contributed by atoms with Crippen molar-refractivity contribution in [3.05, 3.63) is 47.9 Å². The number of aryl methyl sites for hydroxylation is 1. The number of imidazole rings is 1. The van der Waals surface area contributed by atoms with E-state index in [4.69, 9.17) is 4.74 Å². The number of morpholine rings is 1. The molecule has 4 rings (SSSR count). The van der Waals surface area contributed by atoms with Gasteiger partial charge in [0.05, 0.1) is 31.8 Å². The van der Waals surface area contributed by atoms with E-state index in [2.05, 4.69) is 4.98 Å². The van der Waals surface area contributed by atoms with Gasteiger partial charge in [-0.25, -0.2) is 4.98 Å². The summed E-state index contributed by atoms with van der Waals surface area (Å²) in [5.74, 6) is -0.313. The van der Waals surface area contributed by atoms with Gasteiger partial charge >= 0.3 is 0 Å². The number of rotatable bonds is 3. The molecule has 2 aliphatic heterocycles. The molecule has 1 fully saturated rings. The SMILES string of the molecule is Cn1cnc2c1CC(C(=O)N1CCOCC1)C(=O)N2Cc1ccccc1. The highest BCUT2D eigenvalue weighted by Crippen LogP contribution is 2.31. The summed E-state index contributed by atoms with van der Waals surface area (Å²) in [4.78, 5) is 34.0. The van der Waals surface area contributed by atoms with Gasteiger partial charge in [0.15, 0.2) is 5.82 Å². The fraction of sp³-hybridized carbons (Fsp3) is 0.421. The van der Waals surface area contributed by atoms with E-state index in [0.717, 1.165) is 11.3 Å². The maximum Gasteiger partial charge on any atom is 0.241 e. The molecule has 3 heterocycles. The smallest absolute Gasteiger partial charge is 0.241 e. The number of benzene rings is 1. The van der Waals surface area contributed by atoms with E-state index in [0.29, 0.717) is 45.1 Å². The van der Waals surface area contributed by atoms with Crippen molar-refractivity contribution in [1.29, 1.82) is 0 Å². The molecule has 1 unspecified atom stereocenters. The Morgan fingerprint density at radius 1 is 1.23 bits per heavy atom. The molecular weight excluding hydrogens is 332 g/mol. The molecule has 2 amide bonds. The number of carbonyl (C=O) groups excluding carboxylic acids is 2. The number of hydrogen-bond donors (Lipinski definition) is 0. The molecule has 136 valence electrons. The summed E-state index contributed by atoms with van der Waals surface area (Å²) in [6.07, 6.45) is 2.10. The number of carbonyl (C=O) groups is 2. The van der Waals surface area contributed by atoms with E-state index in [1.807, 2.05) is 41.9 Å². The topological polar surface area (TPSA) is 67.7 Å². The molecule has 1 atom stereocenters. The first kappa shape index (κ1) is 16.8. The fourth-order valence-electron chi connectivity index (χ4n) is 3.59. The summed E-state index contributed by atoms with van der Waals surface area (Å²) >= 11 is 0. The third-order valence-electron chi connectivity index (χ3n) is 5.06. The van der Waals surface area contributed by atoms with Gasteiger partial charge in [-0.2, -0.15) is 0 Å². The second kappa shape index (κ2) is 6.92. The Morgan fingerprint density at radius 2 is 1.96 bits per heavy atom. The Balaban J connectivity index is 1.64. The Morgan fingerprint density at radius 3 is 2.69 bits per heavy atom. The molecule has 0 N–H and O–H groups in total. The number of ether oxygens (including phenoxy) is 1. The Bertz CT molecular complexity index is 811. The highest BCUT2D eigenvalue weighted by atomic mass is 16.5. The molecule has 1 aromatic carbocycles. The first-order valence-corrected chi connectivity index (χ1v) is 8.87. The van der Waals surface area contributed by atoms with E-state index >= 15 is 0 Å². The second-order valence-electron chi connectivity index (χ2n) is 6.73. The van der Waals surface area contributed by atoms with E-state index in [1.165, 1.54) is 0 Å². The molecule has 0 spiro atoms. The van der Waals surface area contributed by atoms with Crippen molar-refractivity contribution >= 4 is 17.6 Å². The minimum absolute atomic E-state index is 0.108. The maximum absolute atomic E-state index is 13.2. The predicted octanol–water partition coefficient (Wildman–Crippen LogP) is 0.984. The van der Waals surface area contributed by atoms with Crippen molar-refractivity contribution in [1.82, 2.24) is 14.5 Å². The van der Waals surface area contributed by atoms with Gasteiger partial charge < -0.3 is 14.2 Å². The molecule has 0 saturated carbocycles. The molecule has 1 aromatic heterocycles. The molecule has 7 heteroatoms. The van der Waals surface area contributed by atoms with Crippen LogP contribution in [0, 0.1) is 5.92 Å². The normalized spacial score (nSPS) is 20.2. The molecule has 2 aliphatic rings. The van der Waals surface area contributed by atoms with Crippen molar-refractivity contribution in [3.63, 3.8) is 0 Å². The Kier molecular flexibility index (Phi) is 4.46. The lowest BCUT2D eigenvalue weighted by atomic mass is 9.94. The summed E-state index contributed by atoms with van der Waals surface area (Å²) in [5, 5.41) is 0. The lowest BCUT2D eigenvalue weighted by Crippen LogP contribution is -2.51. The molecule has 0 radical (unpaired) electrons. The number of nitrogens with zero attached hydrogens (tertiary/aromatic N) is 4. The van der Waals surface area contributed by atoms with E-state index in [9.17, 15) is 9.59 Å². The zero-order valence-electron chi connectivity index (χ0n) is 14.8. The molecule has 26 heavy (non-hydrogen) atoms. The van der Waals surface area contributed by atoms with Crippen LogP contribution >= 0.6 is 0 Å². The third-order valence-corrected chi connectivity index (χ3v) is 5.06. The molecule has 0 aliphatic carbocycles. The van der Waals surface area contributed by atoms with Gasteiger partial charge in [0.25, 0.3) is 0 Å². The number of hydrogen-bond acceptors (Lipinski definition) is 4. The van der Waals surface area contributed by atoms with Gasteiger partial charge in [0.1, 0.15) is 5.92 Å². The van der Waals surface area contributed by atoms with Gasteiger partial charge in [0, 0.05) is 26.6 Å². The van der Waals surface area contributed by atoms with Gasteiger partial charge in [-0.15, -0.1) is 0 Å². The van der Waals surface area contributed by atoms with E-state index < -0.39 is 5.92 Å². The molecule has 1 saturated heterocycles. The molecule has 0 bridgehead atoms. The largest absolute Gasteiger partial charge is 0.378 e. The lowest BCUT2D eigenvalue weighted by molar-refractivity contribution is -0.144. The van der Waals surface area contributed by atoms with Gasteiger partial charge in [0.2, 0.25) is 11.8 Å². The lowest BCUT2D eigenvalue weighted by Gasteiger charge is -2.35. The van der Waals surface area contributed by atoms with Crippen LogP contribution in [0.15, 0.2) is 36.7 Å². The summed E-state index contributed by atoms with van der Waals surface area (Å²) in [7, 11) is 1.90. The number of anilines is 1. The number of amides is 2. The van der Waals surface area contributed by atoms with Crippen LogP contribution in [-0.4, -0.2) is 52.6 Å². The summed E-state index contributed by atoms with van der Waals surface area (Å²) in [5.41, 5.74) is 1.93. The van der Waals surface area contributed by atoms with Gasteiger partial charge in [-0.3, -0.25) is 14.5 Å². The first-order valence-electron chi connectivity index (χ1n) is 8.87. The molecule has 2 aromatic rings. The number of aromatic nitrogens is 2. The maximum atomic E-state index is 13.2. The highest BCUT2D eigenvalue weighted by molar-refractivity contribution is 6.09. The monoisotopic (exact) mass is 354 g/mol. The van der Waals surface area contributed by atoms with Crippen LogP contribution in [0.2, 0.25) is 0 Å². The zero-order valence-corrected chi connectivity index (χ0v) is 14.8. The van der Waals surface area contributed by atoms with Crippen LogP contribution in [0.25, 0.3) is 0 Å². The standard InChI is InChI=1S/C19H22N4O3/c1-21-13-20-17-16(21)11-15(18(24)22-7-9-26-10-8-22)19(25)23(17)12-14-5-3-2-4-6-14/h2-6,13,15H,7-12H2,1H3. The van der Waals surface area contributed by atoms with Crippen molar-refractivity contribution in [2.24, 2.45) is 13.0 Å². The van der Waals surface area contributed by atoms with Crippen molar-refractivity contribution in [2.75, 3.05) is 31.2 Å². The predicted molar refractivity (Wildman–Crippen MR) is 95.4 cm³/mol. The van der Waals surface area contributed by atoms with Crippen molar-refractivity contribution in [2.45, 2.75) is 13.0 Å². The Hall–Kier alpha value is -2.67. The summed E-state index contributed by atoms with van der Waals surface area (Å²) in [6, 6.07) is 9.78. The minimum atomic E-state index is -0.695. The van der Waals surface area contributed by atoms with Gasteiger partial charge in [-0.05, 0) is 5.56 Å². The van der Waals surface area contributed by atoms with Crippen LogP contribution in [0.5, 0.6) is 0 Å². The average molecular weight is 354 g/mol. The number of fused-ring (bicyclic) bond motifs is 1. The zero-order chi connectivity index (χ0) is 18.1. The van der Waals surface area contributed by atoms with E-state index in [1.54, 1.807) is 16.1 Å². The van der Waals surface area contributed by atoms with Gasteiger partial charge in [-0.1, -0.05) is 30.3 Å². The van der Waals surface area contributed by atoms with Crippen LogP contribution < -0.4 is 4.90 Å². The second-order valence-corrected chi connectivity index (χ2v) is 6.73. The van der Waals surface area contributed by atoms with Crippen LogP contribution in [0.3, 0.4) is 0 Å². The molecular formula is C19H22N4O3. The first-order chi connectivity index (χ1) is 12.6. The van der Waals surface area contributed by atoms with Crippen molar-refractivity contribution in [3.8, 4) is 0 Å². The third kappa shape index (κ3) is 2.99. The summed E-state index contributed by atoms with van der Waals surface area (Å²) < 4.78 is 7.23. The minimum Gasteiger partial charge on any atom is -0.378 e. The van der Waals surface area contributed by atoms with Crippen molar-refractivity contribution < 1.29 is 14.3 Å². The van der Waals surface area contributed by atoms with Crippen LogP contribution in [-0.2, 0) is 34.3 Å². The van der Waals surface area contributed by atoms with E-state index in [-0.39, 0.29) is 11.8 Å². The van der Waals surface area contributed by atoms with Crippen LogP contribution in [0.1, 0.15) is 11.3 Å². The highest BCUT2D eigenvalue weighted by Gasteiger charge is 2.41. The Labute approximate surface area is 152 Å². The summed E-state index contributed by atoms with van der Waals surface area (Å²) in [6.45, 7) is 2.55.